The fraction of sp³-hybridized carbons (Fsp3) is 0.714. The van der Waals surface area contributed by atoms with Crippen LogP contribution < -0.4 is 5.32 Å². The highest BCUT2D eigenvalue weighted by molar-refractivity contribution is 5.17. The molecule has 1 fully saturated rings. The summed E-state index contributed by atoms with van der Waals surface area (Å²) in [6.07, 6.45) is 4.42. The number of nitrogens with zero attached hydrogens (tertiary/aromatic N) is 1. The van der Waals surface area contributed by atoms with E-state index in [0.717, 1.165) is 44.6 Å². The Bertz CT molecular complexity index is 347. The molecule has 0 bridgehead atoms. The van der Waals surface area contributed by atoms with Crippen LogP contribution in [0.4, 0.5) is 0 Å². The van der Waals surface area contributed by atoms with E-state index < -0.39 is 0 Å². The second-order valence-corrected chi connectivity index (χ2v) is 4.89. The van der Waals surface area contributed by atoms with Gasteiger partial charge in [0.15, 0.2) is 0 Å². The Labute approximate surface area is 109 Å². The standard InChI is InChI=1S/C14H24N2O2/c1-3-16(7-9-17-2)11-12-6-8-18-14(12)10-15-13-4-5-13/h6,8,13,15H,3-5,7,9-11H2,1-2H3. The predicted octanol–water partition coefficient (Wildman–Crippen LogP) is 2.00. The smallest absolute Gasteiger partial charge is 0.122 e. The maximum absolute atomic E-state index is 5.57. The van der Waals surface area contributed by atoms with E-state index in [4.69, 9.17) is 9.15 Å². The first-order valence-electron chi connectivity index (χ1n) is 6.83. The molecule has 0 saturated heterocycles. The van der Waals surface area contributed by atoms with E-state index in [-0.39, 0.29) is 0 Å². The number of ether oxygens (including phenoxy) is 1. The lowest BCUT2D eigenvalue weighted by Crippen LogP contribution is -2.27. The van der Waals surface area contributed by atoms with Gasteiger partial charge in [0.25, 0.3) is 0 Å². The van der Waals surface area contributed by atoms with Crippen LogP contribution >= 0.6 is 0 Å². The third-order valence-corrected chi connectivity index (χ3v) is 3.42. The first-order chi connectivity index (χ1) is 8.83. The summed E-state index contributed by atoms with van der Waals surface area (Å²) in [6.45, 7) is 6.75. The van der Waals surface area contributed by atoms with Gasteiger partial charge in [-0.15, -0.1) is 0 Å². The number of furan rings is 1. The Morgan fingerprint density at radius 2 is 2.33 bits per heavy atom. The molecule has 1 aromatic rings. The van der Waals surface area contributed by atoms with Crippen molar-refractivity contribution in [2.45, 2.75) is 38.9 Å². The molecule has 0 radical (unpaired) electrons. The minimum atomic E-state index is 0.721. The fourth-order valence-corrected chi connectivity index (χ4v) is 2.00. The lowest BCUT2D eigenvalue weighted by molar-refractivity contribution is 0.147. The molecule has 1 aliphatic carbocycles. The molecule has 0 atom stereocenters. The summed E-state index contributed by atoms with van der Waals surface area (Å²) < 4.78 is 10.7. The second kappa shape index (κ2) is 6.92. The summed E-state index contributed by atoms with van der Waals surface area (Å²) in [7, 11) is 1.75. The summed E-state index contributed by atoms with van der Waals surface area (Å²) in [6, 6.07) is 2.80. The summed E-state index contributed by atoms with van der Waals surface area (Å²) in [5, 5.41) is 3.50. The molecule has 1 aliphatic rings. The third-order valence-electron chi connectivity index (χ3n) is 3.42. The highest BCUT2D eigenvalue weighted by Gasteiger charge is 2.21. The topological polar surface area (TPSA) is 37.6 Å². The van der Waals surface area contributed by atoms with Crippen LogP contribution in [0, 0.1) is 0 Å². The molecule has 4 heteroatoms. The molecule has 0 aromatic carbocycles. The molecule has 102 valence electrons. The fourth-order valence-electron chi connectivity index (χ4n) is 2.00. The molecule has 1 heterocycles. The number of hydrogen-bond donors (Lipinski definition) is 1. The van der Waals surface area contributed by atoms with Gasteiger partial charge in [-0.25, -0.2) is 0 Å². The van der Waals surface area contributed by atoms with Crippen LogP contribution in [0.25, 0.3) is 0 Å². The van der Waals surface area contributed by atoms with Crippen molar-refractivity contribution in [2.75, 3.05) is 26.8 Å². The van der Waals surface area contributed by atoms with Crippen molar-refractivity contribution in [2.24, 2.45) is 0 Å². The number of hydrogen-bond acceptors (Lipinski definition) is 4. The van der Waals surface area contributed by atoms with Gasteiger partial charge < -0.3 is 14.5 Å². The van der Waals surface area contributed by atoms with Crippen molar-refractivity contribution in [1.82, 2.24) is 10.2 Å². The molecule has 1 aromatic heterocycles. The van der Waals surface area contributed by atoms with E-state index in [1.165, 1.54) is 18.4 Å². The van der Waals surface area contributed by atoms with Crippen LogP contribution in [-0.4, -0.2) is 37.7 Å². The van der Waals surface area contributed by atoms with Crippen molar-refractivity contribution in [3.8, 4) is 0 Å². The molecule has 0 unspecified atom stereocenters. The first-order valence-corrected chi connectivity index (χ1v) is 6.83. The zero-order valence-corrected chi connectivity index (χ0v) is 11.4. The van der Waals surface area contributed by atoms with Crippen LogP contribution in [0.5, 0.6) is 0 Å². The Balaban J connectivity index is 1.84. The lowest BCUT2D eigenvalue weighted by atomic mass is 10.2. The van der Waals surface area contributed by atoms with Crippen molar-refractivity contribution in [3.05, 3.63) is 23.7 Å². The van der Waals surface area contributed by atoms with E-state index in [9.17, 15) is 0 Å². The van der Waals surface area contributed by atoms with E-state index in [2.05, 4.69) is 23.2 Å². The molecule has 0 spiro atoms. The van der Waals surface area contributed by atoms with Crippen LogP contribution in [0.3, 0.4) is 0 Å². The van der Waals surface area contributed by atoms with Crippen molar-refractivity contribution >= 4 is 0 Å². The molecule has 18 heavy (non-hydrogen) atoms. The largest absolute Gasteiger partial charge is 0.468 e. The molecule has 4 nitrogen and oxygen atoms in total. The molecule has 1 N–H and O–H groups in total. The Hall–Kier alpha value is -0.840. The van der Waals surface area contributed by atoms with Gasteiger partial charge in [0.05, 0.1) is 19.4 Å². The predicted molar refractivity (Wildman–Crippen MR) is 71.4 cm³/mol. The second-order valence-electron chi connectivity index (χ2n) is 4.89. The lowest BCUT2D eigenvalue weighted by Gasteiger charge is -2.19. The van der Waals surface area contributed by atoms with E-state index in [0.29, 0.717) is 0 Å². The minimum absolute atomic E-state index is 0.721. The van der Waals surface area contributed by atoms with Gasteiger partial charge in [-0.05, 0) is 25.5 Å². The number of rotatable bonds is 9. The average molecular weight is 252 g/mol. The van der Waals surface area contributed by atoms with E-state index in [1.807, 2.05) is 0 Å². The molecule has 2 rings (SSSR count). The highest BCUT2D eigenvalue weighted by Crippen LogP contribution is 2.20. The van der Waals surface area contributed by atoms with Crippen LogP contribution in [0.1, 0.15) is 31.1 Å². The molecular weight excluding hydrogens is 228 g/mol. The number of likely N-dealkylation sites (N-methyl/N-ethyl adjacent to an activating group) is 1. The van der Waals surface area contributed by atoms with Gasteiger partial charge in [-0.3, -0.25) is 4.90 Å². The zero-order chi connectivity index (χ0) is 12.8. The zero-order valence-electron chi connectivity index (χ0n) is 11.4. The highest BCUT2D eigenvalue weighted by atomic mass is 16.5. The quantitative estimate of drug-likeness (QED) is 0.729. The van der Waals surface area contributed by atoms with Gasteiger partial charge >= 0.3 is 0 Å². The number of nitrogens with one attached hydrogen (secondary N) is 1. The van der Waals surface area contributed by atoms with Gasteiger partial charge in [-0.1, -0.05) is 6.92 Å². The average Bonchev–Trinajstić information content (AvgIpc) is 3.12. The Morgan fingerprint density at radius 1 is 1.50 bits per heavy atom. The monoisotopic (exact) mass is 252 g/mol. The summed E-state index contributed by atoms with van der Waals surface area (Å²) in [4.78, 5) is 2.37. The molecule has 1 saturated carbocycles. The molecule has 0 amide bonds. The molecule has 0 aliphatic heterocycles. The van der Waals surface area contributed by atoms with Gasteiger partial charge in [0.2, 0.25) is 0 Å². The van der Waals surface area contributed by atoms with Gasteiger partial charge in [-0.2, -0.15) is 0 Å². The third kappa shape index (κ3) is 4.12. The van der Waals surface area contributed by atoms with Crippen molar-refractivity contribution in [1.29, 1.82) is 0 Å². The van der Waals surface area contributed by atoms with Crippen molar-refractivity contribution < 1.29 is 9.15 Å². The molecular formula is C14H24N2O2. The first kappa shape index (κ1) is 13.6. The van der Waals surface area contributed by atoms with Gasteiger partial charge in [0.1, 0.15) is 5.76 Å². The summed E-state index contributed by atoms with van der Waals surface area (Å²) in [5.41, 5.74) is 1.29. The maximum Gasteiger partial charge on any atom is 0.122 e. The Morgan fingerprint density at radius 3 is 3.00 bits per heavy atom. The van der Waals surface area contributed by atoms with Crippen LogP contribution in [-0.2, 0) is 17.8 Å². The SMILES string of the molecule is CCN(CCOC)Cc1ccoc1CNC1CC1. The van der Waals surface area contributed by atoms with Crippen LogP contribution in [0.2, 0.25) is 0 Å². The van der Waals surface area contributed by atoms with Crippen LogP contribution in [0.15, 0.2) is 16.7 Å². The summed E-state index contributed by atoms with van der Waals surface area (Å²) in [5.74, 6) is 1.08. The minimum Gasteiger partial charge on any atom is -0.468 e. The normalized spacial score (nSPS) is 15.5. The number of methoxy groups -OCH3 is 1. The van der Waals surface area contributed by atoms with Gasteiger partial charge in [0, 0.05) is 31.8 Å². The van der Waals surface area contributed by atoms with Crippen molar-refractivity contribution in [3.63, 3.8) is 0 Å². The maximum atomic E-state index is 5.57. The van der Waals surface area contributed by atoms with E-state index >= 15 is 0 Å². The summed E-state index contributed by atoms with van der Waals surface area (Å²) >= 11 is 0. The van der Waals surface area contributed by atoms with E-state index in [1.54, 1.807) is 13.4 Å². The Kier molecular flexibility index (Phi) is 5.23.